The molecule has 3 rings (SSSR count). The molecule has 1 fully saturated rings. The monoisotopic (exact) mass is 261 g/mol. The van der Waals surface area contributed by atoms with Gasteiger partial charge in [0.25, 0.3) is 0 Å². The number of carbonyl (C=O) groups excluding carboxylic acids is 1. The number of benzene rings is 1. The second-order valence-electron chi connectivity index (χ2n) is 5.20. The molecule has 0 spiro atoms. The van der Waals surface area contributed by atoms with E-state index in [1.807, 2.05) is 11.8 Å². The van der Waals surface area contributed by atoms with Gasteiger partial charge in [-0.15, -0.1) is 11.8 Å². The summed E-state index contributed by atoms with van der Waals surface area (Å²) in [5.41, 5.74) is 3.08. The summed E-state index contributed by atoms with van der Waals surface area (Å²) < 4.78 is 0. The molecule has 1 saturated heterocycles. The molecule has 18 heavy (non-hydrogen) atoms. The first-order valence-electron chi connectivity index (χ1n) is 6.85. The van der Waals surface area contributed by atoms with Crippen LogP contribution in [0, 0.1) is 5.92 Å². The Morgan fingerprint density at radius 1 is 1.28 bits per heavy atom. The van der Waals surface area contributed by atoms with Crippen LogP contribution < -0.4 is 5.32 Å². The van der Waals surface area contributed by atoms with Crippen molar-refractivity contribution in [3.8, 4) is 0 Å². The summed E-state index contributed by atoms with van der Waals surface area (Å²) in [6.07, 6.45) is 5.83. The van der Waals surface area contributed by atoms with E-state index in [4.69, 9.17) is 0 Å². The zero-order valence-electron chi connectivity index (χ0n) is 10.6. The second kappa shape index (κ2) is 5.35. The molecule has 2 aliphatic rings. The molecular weight excluding hydrogens is 242 g/mol. The van der Waals surface area contributed by atoms with Gasteiger partial charge in [-0.05, 0) is 61.1 Å². The molecule has 0 bridgehead atoms. The van der Waals surface area contributed by atoms with Gasteiger partial charge in [0.05, 0.1) is 0 Å². The van der Waals surface area contributed by atoms with Crippen molar-refractivity contribution >= 4 is 17.7 Å². The molecule has 1 atom stereocenters. The highest BCUT2D eigenvalue weighted by Gasteiger charge is 2.23. The molecule has 1 aliphatic heterocycles. The van der Waals surface area contributed by atoms with Gasteiger partial charge < -0.3 is 5.32 Å². The Bertz CT molecular complexity index is 458. The smallest absolute Gasteiger partial charge is 0.223 e. The molecule has 2 nitrogen and oxygen atoms in total. The minimum absolute atomic E-state index is 0.254. The Kier molecular flexibility index (Phi) is 3.59. The van der Waals surface area contributed by atoms with E-state index >= 15 is 0 Å². The van der Waals surface area contributed by atoms with E-state index in [1.165, 1.54) is 29.7 Å². The molecule has 0 saturated carbocycles. The standard InChI is InChI=1S/C15H19NOS/c17-15-12(6-8-16-15)7-9-18-14-5-4-11-2-1-3-13(11)10-14/h4-5,10,12H,1-3,6-9H2,(H,16,17). The lowest BCUT2D eigenvalue weighted by Gasteiger charge is -2.07. The maximum absolute atomic E-state index is 11.4. The molecule has 1 aliphatic carbocycles. The summed E-state index contributed by atoms with van der Waals surface area (Å²) in [5, 5.41) is 2.90. The molecule has 1 unspecified atom stereocenters. The minimum Gasteiger partial charge on any atom is -0.356 e. The van der Waals surface area contributed by atoms with Gasteiger partial charge in [0, 0.05) is 17.4 Å². The number of amides is 1. The largest absolute Gasteiger partial charge is 0.356 e. The first kappa shape index (κ1) is 12.1. The summed E-state index contributed by atoms with van der Waals surface area (Å²) in [4.78, 5) is 12.8. The molecule has 1 amide bonds. The minimum atomic E-state index is 0.254. The summed E-state index contributed by atoms with van der Waals surface area (Å²) >= 11 is 1.90. The van der Waals surface area contributed by atoms with Crippen molar-refractivity contribution in [1.82, 2.24) is 5.32 Å². The van der Waals surface area contributed by atoms with E-state index in [9.17, 15) is 4.79 Å². The van der Waals surface area contributed by atoms with Gasteiger partial charge >= 0.3 is 0 Å². The lowest BCUT2D eigenvalue weighted by molar-refractivity contribution is -0.122. The van der Waals surface area contributed by atoms with Gasteiger partial charge in [-0.3, -0.25) is 4.79 Å². The van der Waals surface area contributed by atoms with Crippen molar-refractivity contribution in [2.24, 2.45) is 5.92 Å². The third-order valence-electron chi connectivity index (χ3n) is 3.97. The fourth-order valence-corrected chi connectivity index (χ4v) is 3.91. The van der Waals surface area contributed by atoms with Gasteiger partial charge in [-0.25, -0.2) is 0 Å². The van der Waals surface area contributed by atoms with Crippen molar-refractivity contribution < 1.29 is 4.79 Å². The SMILES string of the molecule is O=C1NCCC1CCSc1ccc2c(c1)CCC2. The second-order valence-corrected chi connectivity index (χ2v) is 6.37. The number of fused-ring (bicyclic) bond motifs is 1. The van der Waals surface area contributed by atoms with Crippen LogP contribution in [0.5, 0.6) is 0 Å². The normalized spacial score (nSPS) is 22.0. The van der Waals surface area contributed by atoms with E-state index in [-0.39, 0.29) is 11.8 Å². The first-order valence-corrected chi connectivity index (χ1v) is 7.84. The van der Waals surface area contributed by atoms with Gasteiger partial charge in [0.1, 0.15) is 0 Å². The summed E-state index contributed by atoms with van der Waals surface area (Å²) in [6, 6.07) is 6.87. The van der Waals surface area contributed by atoms with E-state index in [1.54, 1.807) is 5.56 Å². The van der Waals surface area contributed by atoms with Crippen molar-refractivity contribution in [3.05, 3.63) is 29.3 Å². The summed E-state index contributed by atoms with van der Waals surface area (Å²) in [7, 11) is 0. The van der Waals surface area contributed by atoms with Crippen LogP contribution in [-0.4, -0.2) is 18.2 Å². The Hall–Kier alpha value is -0.960. The maximum atomic E-state index is 11.4. The van der Waals surface area contributed by atoms with Crippen LogP contribution in [-0.2, 0) is 17.6 Å². The van der Waals surface area contributed by atoms with Crippen LogP contribution in [0.2, 0.25) is 0 Å². The van der Waals surface area contributed by atoms with Crippen molar-refractivity contribution in [2.45, 2.75) is 37.0 Å². The first-order chi connectivity index (χ1) is 8.83. The summed E-state index contributed by atoms with van der Waals surface area (Å²) in [5.74, 6) is 1.56. The Morgan fingerprint density at radius 3 is 3.00 bits per heavy atom. The fourth-order valence-electron chi connectivity index (χ4n) is 2.88. The third kappa shape index (κ3) is 2.56. The zero-order valence-corrected chi connectivity index (χ0v) is 11.4. The average molecular weight is 261 g/mol. The van der Waals surface area contributed by atoms with Crippen LogP contribution in [0.1, 0.15) is 30.4 Å². The van der Waals surface area contributed by atoms with Crippen molar-refractivity contribution in [2.75, 3.05) is 12.3 Å². The highest BCUT2D eigenvalue weighted by Crippen LogP contribution is 2.29. The Morgan fingerprint density at radius 2 is 2.17 bits per heavy atom. The quantitative estimate of drug-likeness (QED) is 0.844. The highest BCUT2D eigenvalue weighted by molar-refractivity contribution is 7.99. The lowest BCUT2D eigenvalue weighted by atomic mass is 10.1. The van der Waals surface area contributed by atoms with Gasteiger partial charge in [-0.1, -0.05) is 6.07 Å². The van der Waals surface area contributed by atoms with E-state index < -0.39 is 0 Å². The molecular formula is C15H19NOS. The number of hydrogen-bond acceptors (Lipinski definition) is 2. The maximum Gasteiger partial charge on any atom is 0.223 e. The zero-order chi connectivity index (χ0) is 12.4. The highest BCUT2D eigenvalue weighted by atomic mass is 32.2. The number of aryl methyl sites for hydroxylation is 2. The lowest BCUT2D eigenvalue weighted by Crippen LogP contribution is -2.19. The molecule has 1 aromatic carbocycles. The molecule has 0 aromatic heterocycles. The van der Waals surface area contributed by atoms with Crippen LogP contribution >= 0.6 is 11.8 Å². The molecule has 3 heteroatoms. The predicted octanol–water partition coefficient (Wildman–Crippen LogP) is 2.79. The molecule has 1 heterocycles. The van der Waals surface area contributed by atoms with E-state index in [0.717, 1.165) is 25.1 Å². The van der Waals surface area contributed by atoms with Crippen LogP contribution in [0.3, 0.4) is 0 Å². The fraction of sp³-hybridized carbons (Fsp3) is 0.533. The predicted molar refractivity (Wildman–Crippen MR) is 74.9 cm³/mol. The molecule has 96 valence electrons. The topological polar surface area (TPSA) is 29.1 Å². The molecule has 1 N–H and O–H groups in total. The molecule has 0 radical (unpaired) electrons. The Labute approximate surface area is 113 Å². The van der Waals surface area contributed by atoms with E-state index in [2.05, 4.69) is 23.5 Å². The Balaban J connectivity index is 1.52. The number of carbonyl (C=O) groups is 1. The van der Waals surface area contributed by atoms with Crippen molar-refractivity contribution in [1.29, 1.82) is 0 Å². The van der Waals surface area contributed by atoms with Gasteiger partial charge in [0.2, 0.25) is 5.91 Å². The average Bonchev–Trinajstić information content (AvgIpc) is 2.98. The number of rotatable bonds is 4. The number of hydrogen-bond donors (Lipinski definition) is 1. The molecule has 1 aromatic rings. The van der Waals surface area contributed by atoms with Crippen LogP contribution in [0.15, 0.2) is 23.1 Å². The van der Waals surface area contributed by atoms with Crippen LogP contribution in [0.25, 0.3) is 0 Å². The van der Waals surface area contributed by atoms with Crippen LogP contribution in [0.4, 0.5) is 0 Å². The number of thioether (sulfide) groups is 1. The third-order valence-corrected chi connectivity index (χ3v) is 4.99. The van der Waals surface area contributed by atoms with Gasteiger partial charge in [0.15, 0.2) is 0 Å². The number of nitrogens with one attached hydrogen (secondary N) is 1. The van der Waals surface area contributed by atoms with E-state index in [0.29, 0.717) is 0 Å². The van der Waals surface area contributed by atoms with Crippen molar-refractivity contribution in [3.63, 3.8) is 0 Å². The summed E-state index contributed by atoms with van der Waals surface area (Å²) in [6.45, 7) is 0.868. The van der Waals surface area contributed by atoms with Gasteiger partial charge in [-0.2, -0.15) is 0 Å².